The molecular weight excluding hydrogens is 865 g/mol. The summed E-state index contributed by atoms with van der Waals surface area (Å²) in [5.74, 6) is -0.151. The van der Waals surface area contributed by atoms with Crippen LogP contribution in [-0.2, 0) is 28.4 Å². The van der Waals surface area contributed by atoms with Gasteiger partial charge in [0, 0.05) is 0 Å². The number of hydrogen-bond donors (Lipinski definition) is 12. The normalized spacial score (nSPS) is 52.4. The first-order valence-corrected chi connectivity index (χ1v) is 24.4. The highest BCUT2D eigenvalue weighted by Crippen LogP contribution is 2.76. The molecule has 0 bridgehead atoms. The van der Waals surface area contributed by atoms with Crippen molar-refractivity contribution in [1.82, 2.24) is 0 Å². The van der Waals surface area contributed by atoms with Crippen LogP contribution in [0.3, 0.4) is 0 Å². The maximum atomic E-state index is 12.7. The lowest BCUT2D eigenvalue weighted by atomic mass is 9.35. The van der Waals surface area contributed by atoms with Gasteiger partial charge in [-0.1, -0.05) is 46.3 Å². The molecule has 3 heterocycles. The van der Waals surface area contributed by atoms with E-state index in [1.54, 1.807) is 0 Å². The lowest BCUT2D eigenvalue weighted by molar-refractivity contribution is -0.378. The molecule has 2 unspecified atom stereocenters. The molecule has 25 atom stereocenters. The Balaban J connectivity index is 1.13. The van der Waals surface area contributed by atoms with Crippen molar-refractivity contribution >= 4 is 0 Å². The third kappa shape index (κ3) is 8.79. The number of aliphatic hydroxyl groups is 12. The Morgan fingerprint density at radius 1 is 0.606 bits per heavy atom. The molecule has 18 heteroatoms. The lowest BCUT2D eigenvalue weighted by Gasteiger charge is -2.71. The fraction of sp³-hybridized carbons (Fsp3) is 0.958. The Hall–Kier alpha value is -0.980. The summed E-state index contributed by atoms with van der Waals surface area (Å²) in [5, 5.41) is 129. The summed E-state index contributed by atoms with van der Waals surface area (Å²) in [7, 11) is 0. The standard InChI is InChI=1S/C48H82O18/c1-22(2)10-9-14-48(8,66-42-39(60)36(57)33(54)26(20-50)62-42)23-11-16-47(7)31(23)24(52)18-29-45(5)15-13-30(44(3,4)28(45)12-17-46(29,47)6)64-43-40(37(58)34(55)27(21-51)63-43)65-41-38(59)35(56)32(53)25(19-49)61-41/h10,23-43,49-60H,9,11-21H2,1-8H3/t23?,24-,25-,26-,27-,28+,29-,30+,31?,32-,33-,34-,35+,36+,37+,38-,39-,40-,41+,42+,43+,45+,46-,47-,48+/m1/s1. The molecular formula is C48H82O18. The number of ether oxygens (including phenoxy) is 6. The van der Waals surface area contributed by atoms with E-state index < -0.39 is 135 Å². The van der Waals surface area contributed by atoms with Crippen LogP contribution in [0.4, 0.5) is 0 Å². The Morgan fingerprint density at radius 2 is 1.14 bits per heavy atom. The van der Waals surface area contributed by atoms with Crippen molar-refractivity contribution in [3.63, 3.8) is 0 Å². The molecule has 7 fully saturated rings. The smallest absolute Gasteiger partial charge is 0.187 e. The Kier molecular flexibility index (Phi) is 15.7. The van der Waals surface area contributed by atoms with Crippen LogP contribution in [0.1, 0.15) is 113 Å². The van der Waals surface area contributed by atoms with Crippen LogP contribution in [-0.4, -0.2) is 191 Å². The minimum atomic E-state index is -1.79. The van der Waals surface area contributed by atoms with E-state index in [-0.39, 0.29) is 39.9 Å². The Morgan fingerprint density at radius 3 is 1.71 bits per heavy atom. The zero-order chi connectivity index (χ0) is 48.6. The lowest BCUT2D eigenvalue weighted by Crippen LogP contribution is -2.68. The van der Waals surface area contributed by atoms with Gasteiger partial charge >= 0.3 is 0 Å². The zero-order valence-corrected chi connectivity index (χ0v) is 40.0. The number of hydrogen-bond acceptors (Lipinski definition) is 18. The first-order chi connectivity index (χ1) is 30.8. The molecule has 3 aliphatic heterocycles. The van der Waals surface area contributed by atoms with E-state index >= 15 is 0 Å². The van der Waals surface area contributed by atoms with E-state index in [4.69, 9.17) is 28.4 Å². The molecule has 12 N–H and O–H groups in total. The second-order valence-corrected chi connectivity index (χ2v) is 22.9. The highest BCUT2D eigenvalue weighted by Gasteiger charge is 2.72. The van der Waals surface area contributed by atoms with Crippen LogP contribution >= 0.6 is 0 Å². The molecule has 0 radical (unpaired) electrons. The molecule has 0 aromatic rings. The maximum absolute atomic E-state index is 12.7. The highest BCUT2D eigenvalue weighted by molar-refractivity contribution is 5.20. The molecule has 4 aliphatic carbocycles. The molecule has 4 saturated carbocycles. The number of aliphatic hydroxyl groups excluding tert-OH is 12. The molecule has 7 aliphatic rings. The van der Waals surface area contributed by atoms with Crippen LogP contribution < -0.4 is 0 Å². The van der Waals surface area contributed by atoms with Crippen LogP contribution in [0.2, 0.25) is 0 Å². The second kappa shape index (κ2) is 19.6. The molecule has 3 saturated heterocycles. The van der Waals surface area contributed by atoms with Crippen molar-refractivity contribution in [2.75, 3.05) is 19.8 Å². The summed E-state index contributed by atoms with van der Waals surface area (Å²) < 4.78 is 37.2. The minimum Gasteiger partial charge on any atom is -0.394 e. The van der Waals surface area contributed by atoms with Crippen molar-refractivity contribution in [3.8, 4) is 0 Å². The van der Waals surface area contributed by atoms with Gasteiger partial charge in [0.25, 0.3) is 0 Å². The molecule has 7 rings (SSSR count). The van der Waals surface area contributed by atoms with Gasteiger partial charge in [-0.3, -0.25) is 0 Å². The predicted octanol–water partition coefficient (Wildman–Crippen LogP) is -0.0268. The molecule has 0 spiro atoms. The van der Waals surface area contributed by atoms with E-state index in [1.807, 2.05) is 20.8 Å². The van der Waals surface area contributed by atoms with Crippen molar-refractivity contribution < 1.29 is 89.7 Å². The largest absolute Gasteiger partial charge is 0.394 e. The SMILES string of the molecule is CC(C)=CCC[C@](C)(O[C@@H]1O[C@H](CO)[C@@H](O)[C@H](O)[C@H]1O)C1CC[C@]2(C)C1[C@H](O)C[C@@H]1[C@@]3(C)CC[C@H](O[C@@H]4O[C@H](CO)[C@@H](O)[C@H](O)[C@H]4O[C@@H]4O[C@H](CO)[C@@H](O)[C@H](O)[C@H]4O)C(C)(C)[C@@H]3CC[C@]12C. The number of allylic oxidation sites excluding steroid dienone is 2. The average Bonchev–Trinajstić information content (AvgIpc) is 3.65. The van der Waals surface area contributed by atoms with E-state index in [2.05, 4.69) is 40.7 Å². The first-order valence-electron chi connectivity index (χ1n) is 24.4. The molecule has 0 amide bonds. The van der Waals surface area contributed by atoms with Gasteiger partial charge in [-0.15, -0.1) is 0 Å². The quantitative estimate of drug-likeness (QED) is 0.0853. The fourth-order valence-electron chi connectivity index (χ4n) is 14.9. The van der Waals surface area contributed by atoms with Gasteiger partial charge in [0.2, 0.25) is 0 Å². The van der Waals surface area contributed by atoms with E-state index in [0.29, 0.717) is 25.7 Å². The molecule has 18 nitrogen and oxygen atoms in total. The van der Waals surface area contributed by atoms with E-state index in [0.717, 1.165) is 37.7 Å². The van der Waals surface area contributed by atoms with Crippen molar-refractivity contribution in [2.24, 2.45) is 45.3 Å². The van der Waals surface area contributed by atoms with Crippen molar-refractivity contribution in [3.05, 3.63) is 11.6 Å². The van der Waals surface area contributed by atoms with Gasteiger partial charge in [0.1, 0.15) is 73.2 Å². The average molecular weight is 947 g/mol. The summed E-state index contributed by atoms with van der Waals surface area (Å²) in [5.41, 5.74) is -1.12. The summed E-state index contributed by atoms with van der Waals surface area (Å²) in [4.78, 5) is 0. The third-order valence-electron chi connectivity index (χ3n) is 18.8. The van der Waals surface area contributed by atoms with E-state index in [9.17, 15) is 61.3 Å². The first kappa shape index (κ1) is 52.8. The van der Waals surface area contributed by atoms with E-state index in [1.165, 1.54) is 0 Å². The molecule has 66 heavy (non-hydrogen) atoms. The van der Waals surface area contributed by atoms with Crippen LogP contribution in [0.5, 0.6) is 0 Å². The number of fused-ring (bicyclic) bond motifs is 5. The summed E-state index contributed by atoms with van der Waals surface area (Å²) in [6, 6.07) is 0. The van der Waals surface area contributed by atoms with Gasteiger partial charge in [-0.25, -0.2) is 0 Å². The summed E-state index contributed by atoms with van der Waals surface area (Å²) >= 11 is 0. The van der Waals surface area contributed by atoms with Crippen LogP contribution in [0.15, 0.2) is 11.6 Å². The topological polar surface area (TPSA) is 298 Å². The monoisotopic (exact) mass is 947 g/mol. The van der Waals surface area contributed by atoms with Gasteiger partial charge in [-0.05, 0) is 124 Å². The minimum absolute atomic E-state index is 0.0905. The summed E-state index contributed by atoms with van der Waals surface area (Å²) in [6.45, 7) is 15.5. The Bertz CT molecular complexity index is 1680. The van der Waals surface area contributed by atoms with Crippen LogP contribution in [0.25, 0.3) is 0 Å². The summed E-state index contributed by atoms with van der Waals surface area (Å²) in [6.07, 6.45) is -15.4. The molecule has 0 aromatic heterocycles. The Labute approximate surface area is 388 Å². The molecule has 382 valence electrons. The van der Waals surface area contributed by atoms with Gasteiger partial charge in [0.15, 0.2) is 18.9 Å². The highest BCUT2D eigenvalue weighted by atomic mass is 16.8. The second-order valence-electron chi connectivity index (χ2n) is 22.9. The molecule has 0 aromatic carbocycles. The van der Waals surface area contributed by atoms with Crippen LogP contribution in [0, 0.1) is 45.3 Å². The third-order valence-corrected chi connectivity index (χ3v) is 18.8. The van der Waals surface area contributed by atoms with Gasteiger partial charge < -0.3 is 89.7 Å². The fourth-order valence-corrected chi connectivity index (χ4v) is 14.9. The van der Waals surface area contributed by atoms with Crippen molar-refractivity contribution in [2.45, 2.75) is 223 Å². The number of rotatable bonds is 13. The van der Waals surface area contributed by atoms with Gasteiger partial charge in [-0.2, -0.15) is 0 Å². The zero-order valence-electron chi connectivity index (χ0n) is 40.0. The van der Waals surface area contributed by atoms with Crippen molar-refractivity contribution in [1.29, 1.82) is 0 Å². The maximum Gasteiger partial charge on any atom is 0.187 e. The van der Waals surface area contributed by atoms with Gasteiger partial charge in [0.05, 0.1) is 37.6 Å². The predicted molar refractivity (Wildman–Crippen MR) is 234 cm³/mol.